The van der Waals surface area contributed by atoms with Gasteiger partial charge in [0.2, 0.25) is 0 Å². The fourth-order valence-corrected chi connectivity index (χ4v) is 11.1. The van der Waals surface area contributed by atoms with Gasteiger partial charge in [0.25, 0.3) is 0 Å². The largest absolute Gasteiger partial charge is 0.462 e. The summed E-state index contributed by atoms with van der Waals surface area (Å²) in [4.78, 5) is 38.4. The molecule has 0 fully saturated rings. The summed E-state index contributed by atoms with van der Waals surface area (Å²) in [5, 5.41) is 0. The lowest BCUT2D eigenvalue weighted by Gasteiger charge is -2.18. The van der Waals surface area contributed by atoms with Crippen LogP contribution in [0.5, 0.6) is 0 Å². The summed E-state index contributed by atoms with van der Waals surface area (Å²) in [7, 11) is 0. The molecule has 1 atom stereocenters. The highest BCUT2D eigenvalue weighted by atomic mass is 16.6. The van der Waals surface area contributed by atoms with Gasteiger partial charge in [-0.05, 0) is 77.0 Å². The van der Waals surface area contributed by atoms with E-state index >= 15 is 0 Å². The molecule has 6 heteroatoms. The molecular formula is C75H140O6. The third-order valence-corrected chi connectivity index (χ3v) is 16.6. The number of rotatable bonds is 68. The Kier molecular flexibility index (Phi) is 68.1. The highest BCUT2D eigenvalue weighted by molar-refractivity contribution is 5.71. The first-order valence-electron chi connectivity index (χ1n) is 36.5. The molecule has 0 bridgehead atoms. The average Bonchev–Trinajstić information content (AvgIpc) is 3.47. The van der Waals surface area contributed by atoms with Crippen LogP contribution >= 0.6 is 0 Å². The first-order valence-corrected chi connectivity index (χ1v) is 36.5. The second-order valence-electron chi connectivity index (χ2n) is 24.9. The minimum absolute atomic E-state index is 0.0763. The van der Waals surface area contributed by atoms with Crippen molar-refractivity contribution in [2.75, 3.05) is 13.2 Å². The van der Waals surface area contributed by atoms with E-state index in [1.807, 2.05) is 0 Å². The van der Waals surface area contributed by atoms with Gasteiger partial charge in [-0.25, -0.2) is 0 Å². The van der Waals surface area contributed by atoms with Crippen molar-refractivity contribution in [1.29, 1.82) is 0 Å². The molecule has 0 aromatic heterocycles. The molecule has 476 valence electrons. The van der Waals surface area contributed by atoms with E-state index in [1.165, 1.54) is 276 Å². The maximum Gasteiger partial charge on any atom is 0.306 e. The smallest absolute Gasteiger partial charge is 0.306 e. The van der Waals surface area contributed by atoms with Crippen LogP contribution in [0.1, 0.15) is 406 Å². The monoisotopic (exact) mass is 1140 g/mol. The van der Waals surface area contributed by atoms with Gasteiger partial charge in [-0.1, -0.05) is 346 Å². The number of hydrogen-bond acceptors (Lipinski definition) is 6. The van der Waals surface area contributed by atoms with Gasteiger partial charge in [-0.3, -0.25) is 14.4 Å². The van der Waals surface area contributed by atoms with Crippen molar-refractivity contribution in [3.8, 4) is 0 Å². The molecular weight excluding hydrogens is 997 g/mol. The zero-order valence-electron chi connectivity index (χ0n) is 54.8. The molecule has 0 saturated carbocycles. The van der Waals surface area contributed by atoms with E-state index in [4.69, 9.17) is 14.2 Å². The number of ether oxygens (including phenoxy) is 3. The minimum Gasteiger partial charge on any atom is -0.462 e. The van der Waals surface area contributed by atoms with Crippen molar-refractivity contribution in [2.45, 2.75) is 412 Å². The van der Waals surface area contributed by atoms with Crippen LogP contribution in [0, 0.1) is 0 Å². The molecule has 0 aromatic rings. The average molecular weight is 1140 g/mol. The number of carbonyl (C=O) groups excluding carboxylic acids is 3. The van der Waals surface area contributed by atoms with Gasteiger partial charge in [0.05, 0.1) is 0 Å². The number of hydrogen-bond donors (Lipinski definition) is 0. The molecule has 0 aliphatic rings. The molecule has 0 aliphatic heterocycles. The Hall–Kier alpha value is -2.37. The lowest BCUT2D eigenvalue weighted by molar-refractivity contribution is -0.167. The van der Waals surface area contributed by atoms with E-state index in [0.29, 0.717) is 19.3 Å². The molecule has 0 aliphatic carbocycles. The maximum atomic E-state index is 12.9. The second kappa shape index (κ2) is 70.1. The summed E-state index contributed by atoms with van der Waals surface area (Å²) >= 11 is 0. The van der Waals surface area contributed by atoms with Gasteiger partial charge in [0.15, 0.2) is 6.10 Å². The van der Waals surface area contributed by atoms with Crippen molar-refractivity contribution in [2.24, 2.45) is 0 Å². The van der Waals surface area contributed by atoms with Crippen LogP contribution in [-0.2, 0) is 28.6 Å². The summed E-state index contributed by atoms with van der Waals surface area (Å²) in [5.41, 5.74) is 0. The van der Waals surface area contributed by atoms with Gasteiger partial charge in [-0.2, -0.15) is 0 Å². The predicted octanol–water partition coefficient (Wildman–Crippen LogP) is 25.1. The topological polar surface area (TPSA) is 78.9 Å². The maximum absolute atomic E-state index is 12.9. The van der Waals surface area contributed by atoms with E-state index in [2.05, 4.69) is 57.2 Å². The molecule has 0 saturated heterocycles. The highest BCUT2D eigenvalue weighted by Crippen LogP contribution is 2.19. The van der Waals surface area contributed by atoms with Crippen molar-refractivity contribution < 1.29 is 28.6 Å². The molecule has 0 spiro atoms. The van der Waals surface area contributed by atoms with E-state index in [0.717, 1.165) is 89.9 Å². The van der Waals surface area contributed by atoms with Crippen LogP contribution in [0.2, 0.25) is 0 Å². The molecule has 1 unspecified atom stereocenters. The molecule has 0 rings (SSSR count). The Morgan fingerprint density at radius 2 is 0.444 bits per heavy atom. The molecule has 0 radical (unpaired) electrons. The van der Waals surface area contributed by atoms with Crippen LogP contribution in [0.25, 0.3) is 0 Å². The number of esters is 3. The van der Waals surface area contributed by atoms with Gasteiger partial charge in [0, 0.05) is 19.3 Å². The first-order chi connectivity index (χ1) is 40.0. The first kappa shape index (κ1) is 78.6. The molecule has 0 amide bonds. The van der Waals surface area contributed by atoms with Crippen LogP contribution < -0.4 is 0 Å². The van der Waals surface area contributed by atoms with Crippen LogP contribution in [-0.4, -0.2) is 37.2 Å². The lowest BCUT2D eigenvalue weighted by Crippen LogP contribution is -2.30. The van der Waals surface area contributed by atoms with E-state index in [9.17, 15) is 14.4 Å². The van der Waals surface area contributed by atoms with Gasteiger partial charge >= 0.3 is 17.9 Å². The standard InChI is InChI=1S/C75H140O6/c1-4-7-10-13-16-19-22-25-28-30-31-32-33-34-35-36-37-38-39-40-41-42-43-44-45-46-48-50-53-56-59-62-65-68-74(77)80-71-72(70-79-73(76)67-64-61-58-55-52-49-27-24-21-18-15-12-9-6-3)81-75(78)69-66-63-60-57-54-51-47-29-26-23-20-17-14-11-8-5-2/h20,23-24,27,29,47,72H,4-19,21-22,25-26,28,30-46,48-71H2,1-3H3/b23-20-,27-24-,47-29-. The molecule has 6 nitrogen and oxygen atoms in total. The van der Waals surface area contributed by atoms with Gasteiger partial charge in [0.1, 0.15) is 13.2 Å². The van der Waals surface area contributed by atoms with Crippen LogP contribution in [0.15, 0.2) is 36.5 Å². The second-order valence-corrected chi connectivity index (χ2v) is 24.9. The number of unbranched alkanes of at least 4 members (excludes halogenated alkanes) is 51. The quantitative estimate of drug-likeness (QED) is 0.0261. The fraction of sp³-hybridized carbons (Fsp3) is 0.880. The Morgan fingerprint density at radius 1 is 0.247 bits per heavy atom. The van der Waals surface area contributed by atoms with Gasteiger partial charge in [-0.15, -0.1) is 0 Å². The summed E-state index contributed by atoms with van der Waals surface area (Å²) in [6.07, 6.45) is 87.7. The van der Waals surface area contributed by atoms with Crippen molar-refractivity contribution in [1.82, 2.24) is 0 Å². The van der Waals surface area contributed by atoms with Crippen LogP contribution in [0.4, 0.5) is 0 Å². The third-order valence-electron chi connectivity index (χ3n) is 16.6. The van der Waals surface area contributed by atoms with Crippen molar-refractivity contribution in [3.63, 3.8) is 0 Å². The zero-order chi connectivity index (χ0) is 58.5. The number of allylic oxidation sites excluding steroid dienone is 6. The number of carbonyl (C=O) groups is 3. The Morgan fingerprint density at radius 3 is 0.704 bits per heavy atom. The summed E-state index contributed by atoms with van der Waals surface area (Å²) in [5.74, 6) is -0.873. The highest BCUT2D eigenvalue weighted by Gasteiger charge is 2.19. The van der Waals surface area contributed by atoms with Crippen LogP contribution in [0.3, 0.4) is 0 Å². The summed E-state index contributed by atoms with van der Waals surface area (Å²) < 4.78 is 17.0. The Bertz CT molecular complexity index is 1350. The summed E-state index contributed by atoms with van der Waals surface area (Å²) in [6, 6.07) is 0. The van der Waals surface area contributed by atoms with Gasteiger partial charge < -0.3 is 14.2 Å². The van der Waals surface area contributed by atoms with E-state index in [1.54, 1.807) is 0 Å². The van der Waals surface area contributed by atoms with E-state index < -0.39 is 6.10 Å². The molecule has 0 N–H and O–H groups in total. The van der Waals surface area contributed by atoms with Crippen molar-refractivity contribution >= 4 is 17.9 Å². The SMILES string of the molecule is CCCCCC/C=C\C/C=C\CCCCCCCC(=O)OC(COC(=O)CCCCCCC/C=C\CCCCCCC)COC(=O)CCCCCCCCCCCCCCCCCCCCCCCCCCCCCCCCCCC. The third kappa shape index (κ3) is 68.3. The molecule has 0 heterocycles. The predicted molar refractivity (Wildman–Crippen MR) is 353 cm³/mol. The Balaban J connectivity index is 4.11. The lowest BCUT2D eigenvalue weighted by atomic mass is 10.0. The Labute approximate surface area is 506 Å². The van der Waals surface area contributed by atoms with Crippen molar-refractivity contribution in [3.05, 3.63) is 36.5 Å². The normalized spacial score (nSPS) is 12.2. The minimum atomic E-state index is -0.782. The molecule has 81 heavy (non-hydrogen) atoms. The zero-order valence-corrected chi connectivity index (χ0v) is 54.8. The summed E-state index contributed by atoms with van der Waals surface area (Å²) in [6.45, 7) is 6.66. The molecule has 0 aromatic carbocycles. The fourth-order valence-electron chi connectivity index (χ4n) is 11.1. The van der Waals surface area contributed by atoms with E-state index in [-0.39, 0.29) is 31.1 Å².